The number of rotatable bonds is 1. The van der Waals surface area contributed by atoms with Crippen molar-refractivity contribution in [1.29, 1.82) is 0 Å². The number of hydrogen-bond donors (Lipinski definition) is 1. The molecule has 78 valence electrons. The second-order valence-corrected chi connectivity index (χ2v) is 3.36. The number of nitrogens with one attached hydrogen (secondary N) is 1. The molecule has 0 saturated heterocycles. The fraction of sp³-hybridized carbons (Fsp3) is 0. The zero-order chi connectivity index (χ0) is 11.0. The summed E-state index contributed by atoms with van der Waals surface area (Å²) in [5.41, 5.74) is 1.45. The zero-order valence-electron chi connectivity index (χ0n) is 8.29. The van der Waals surface area contributed by atoms with E-state index in [4.69, 9.17) is 0 Å². The summed E-state index contributed by atoms with van der Waals surface area (Å²) >= 11 is 0. The van der Waals surface area contributed by atoms with E-state index in [1.165, 1.54) is 6.33 Å². The van der Waals surface area contributed by atoms with Gasteiger partial charge in [0.05, 0.1) is 17.4 Å². The third-order valence-corrected chi connectivity index (χ3v) is 2.43. The Morgan fingerprint density at radius 2 is 2.00 bits per heavy atom. The van der Waals surface area contributed by atoms with E-state index in [0.29, 0.717) is 11.0 Å². The van der Waals surface area contributed by atoms with Crippen LogP contribution in [-0.2, 0) is 0 Å². The van der Waals surface area contributed by atoms with Crippen molar-refractivity contribution >= 4 is 11.0 Å². The summed E-state index contributed by atoms with van der Waals surface area (Å²) in [7, 11) is 0. The molecule has 0 aromatic carbocycles. The number of pyridine rings is 1. The lowest BCUT2D eigenvalue weighted by molar-refractivity contribution is 1.06. The number of aromatic amines is 1. The number of H-pyrrole nitrogens is 1. The smallest absolute Gasteiger partial charge is 0.260 e. The highest BCUT2D eigenvalue weighted by atomic mass is 16.1. The van der Waals surface area contributed by atoms with Gasteiger partial charge in [0.1, 0.15) is 0 Å². The fourth-order valence-corrected chi connectivity index (χ4v) is 1.68. The largest absolute Gasteiger partial charge is 0.313 e. The lowest BCUT2D eigenvalue weighted by Crippen LogP contribution is -2.06. The minimum Gasteiger partial charge on any atom is -0.313 e. The van der Waals surface area contributed by atoms with E-state index >= 15 is 0 Å². The second kappa shape index (κ2) is 3.30. The quantitative estimate of drug-likeness (QED) is 0.657. The molecule has 0 radical (unpaired) electrons. The minimum atomic E-state index is -0.127. The molecular weight excluding hydrogens is 204 g/mol. The third kappa shape index (κ3) is 1.22. The molecule has 16 heavy (non-hydrogen) atoms. The molecule has 0 unspecified atom stereocenters. The van der Waals surface area contributed by atoms with Gasteiger partial charge in [-0.25, -0.2) is 4.98 Å². The molecule has 0 saturated carbocycles. The number of nitrogens with zero attached hydrogens (tertiary/aromatic N) is 3. The topological polar surface area (TPSA) is 63.6 Å². The minimum absolute atomic E-state index is 0.127. The van der Waals surface area contributed by atoms with Crippen LogP contribution in [0.1, 0.15) is 0 Å². The summed E-state index contributed by atoms with van der Waals surface area (Å²) in [5, 5.41) is 0.583. The summed E-state index contributed by atoms with van der Waals surface area (Å²) in [6.45, 7) is 0. The van der Waals surface area contributed by atoms with E-state index in [1.807, 2.05) is 22.9 Å². The van der Waals surface area contributed by atoms with Crippen molar-refractivity contribution in [2.24, 2.45) is 0 Å². The van der Waals surface area contributed by atoms with Gasteiger partial charge in [-0.2, -0.15) is 0 Å². The van der Waals surface area contributed by atoms with Gasteiger partial charge in [-0.05, 0) is 18.2 Å². The van der Waals surface area contributed by atoms with Crippen molar-refractivity contribution in [2.45, 2.75) is 0 Å². The molecule has 0 fully saturated rings. The van der Waals surface area contributed by atoms with Crippen LogP contribution in [0.4, 0.5) is 0 Å². The predicted octanol–water partition coefficient (Wildman–Crippen LogP) is 1.11. The SMILES string of the molecule is O=c1[nH]cnc2c1ccn2-c1ccncc1. The van der Waals surface area contributed by atoms with Crippen molar-refractivity contribution in [3.8, 4) is 5.69 Å². The second-order valence-electron chi connectivity index (χ2n) is 3.36. The Hall–Kier alpha value is -2.43. The van der Waals surface area contributed by atoms with Gasteiger partial charge >= 0.3 is 0 Å². The van der Waals surface area contributed by atoms with Crippen LogP contribution in [0.25, 0.3) is 16.7 Å². The summed E-state index contributed by atoms with van der Waals surface area (Å²) in [5.74, 6) is 0. The van der Waals surface area contributed by atoms with Gasteiger partial charge in [0.2, 0.25) is 0 Å². The molecule has 0 atom stereocenters. The summed E-state index contributed by atoms with van der Waals surface area (Å²) in [6.07, 6.45) is 6.63. The maximum absolute atomic E-state index is 11.5. The Morgan fingerprint density at radius 3 is 2.81 bits per heavy atom. The first kappa shape index (κ1) is 8.84. The summed E-state index contributed by atoms with van der Waals surface area (Å²) < 4.78 is 1.85. The Morgan fingerprint density at radius 1 is 1.19 bits per heavy atom. The Bertz CT molecular complexity index is 684. The van der Waals surface area contributed by atoms with Gasteiger partial charge in [0.15, 0.2) is 5.65 Å². The molecule has 0 spiro atoms. The predicted molar refractivity (Wildman–Crippen MR) is 59.5 cm³/mol. The molecule has 3 aromatic heterocycles. The van der Waals surface area contributed by atoms with E-state index in [9.17, 15) is 4.79 Å². The molecule has 3 aromatic rings. The number of hydrogen-bond acceptors (Lipinski definition) is 3. The zero-order valence-corrected chi connectivity index (χ0v) is 8.29. The highest BCUT2D eigenvalue weighted by Crippen LogP contribution is 2.14. The first-order chi connectivity index (χ1) is 7.86. The molecule has 1 N–H and O–H groups in total. The van der Waals surface area contributed by atoms with Crippen molar-refractivity contribution in [1.82, 2.24) is 19.5 Å². The van der Waals surface area contributed by atoms with E-state index in [0.717, 1.165) is 5.69 Å². The standard InChI is InChI=1S/C11H8N4O/c16-11-9-3-6-15(10(9)13-7-14-11)8-1-4-12-5-2-8/h1-7H,(H,13,14,16). The molecule has 0 aliphatic heterocycles. The van der Waals surface area contributed by atoms with Crippen LogP contribution in [0.5, 0.6) is 0 Å². The van der Waals surface area contributed by atoms with Crippen LogP contribution in [0, 0.1) is 0 Å². The first-order valence-electron chi connectivity index (χ1n) is 4.81. The third-order valence-electron chi connectivity index (χ3n) is 2.43. The normalized spacial score (nSPS) is 10.8. The maximum Gasteiger partial charge on any atom is 0.260 e. The van der Waals surface area contributed by atoms with Crippen molar-refractivity contribution in [3.63, 3.8) is 0 Å². The maximum atomic E-state index is 11.5. The van der Waals surface area contributed by atoms with Crippen LogP contribution in [0.15, 0.2) is 47.9 Å². The molecule has 5 heteroatoms. The molecule has 0 aliphatic carbocycles. The van der Waals surface area contributed by atoms with Crippen LogP contribution in [0.3, 0.4) is 0 Å². The Labute approximate surface area is 90.4 Å². The van der Waals surface area contributed by atoms with Crippen molar-refractivity contribution in [3.05, 3.63) is 53.5 Å². The average Bonchev–Trinajstić information content (AvgIpc) is 2.75. The molecule has 3 heterocycles. The van der Waals surface area contributed by atoms with Gasteiger partial charge < -0.3 is 9.55 Å². The van der Waals surface area contributed by atoms with Crippen LogP contribution in [-0.4, -0.2) is 19.5 Å². The lowest BCUT2D eigenvalue weighted by Gasteiger charge is -2.02. The monoisotopic (exact) mass is 212 g/mol. The van der Waals surface area contributed by atoms with Gasteiger partial charge in [-0.1, -0.05) is 0 Å². The van der Waals surface area contributed by atoms with E-state index in [1.54, 1.807) is 18.5 Å². The Kier molecular flexibility index (Phi) is 1.83. The van der Waals surface area contributed by atoms with Crippen LogP contribution >= 0.6 is 0 Å². The molecule has 3 rings (SSSR count). The summed E-state index contributed by atoms with van der Waals surface area (Å²) in [6, 6.07) is 5.48. The highest BCUT2D eigenvalue weighted by Gasteiger charge is 2.06. The van der Waals surface area contributed by atoms with Crippen LogP contribution in [0.2, 0.25) is 0 Å². The lowest BCUT2D eigenvalue weighted by atomic mass is 10.4. The van der Waals surface area contributed by atoms with Crippen molar-refractivity contribution < 1.29 is 0 Å². The Balaban J connectivity index is 2.34. The van der Waals surface area contributed by atoms with Gasteiger partial charge in [-0.3, -0.25) is 9.78 Å². The van der Waals surface area contributed by atoms with E-state index in [2.05, 4.69) is 15.0 Å². The first-order valence-corrected chi connectivity index (χ1v) is 4.81. The molecule has 0 amide bonds. The molecule has 5 nitrogen and oxygen atoms in total. The number of aromatic nitrogens is 4. The summed E-state index contributed by atoms with van der Waals surface area (Å²) in [4.78, 5) is 22.2. The highest BCUT2D eigenvalue weighted by molar-refractivity contribution is 5.76. The van der Waals surface area contributed by atoms with Gasteiger partial charge in [0.25, 0.3) is 5.56 Å². The van der Waals surface area contributed by atoms with E-state index in [-0.39, 0.29) is 5.56 Å². The average molecular weight is 212 g/mol. The van der Waals surface area contributed by atoms with Gasteiger partial charge in [0, 0.05) is 18.6 Å². The molecular formula is C11H8N4O. The molecule has 0 aliphatic rings. The molecule has 0 bridgehead atoms. The van der Waals surface area contributed by atoms with E-state index < -0.39 is 0 Å². The van der Waals surface area contributed by atoms with Gasteiger partial charge in [-0.15, -0.1) is 0 Å². The van der Waals surface area contributed by atoms with Crippen LogP contribution < -0.4 is 5.56 Å². The number of fused-ring (bicyclic) bond motifs is 1. The van der Waals surface area contributed by atoms with Crippen molar-refractivity contribution in [2.75, 3.05) is 0 Å². The fourth-order valence-electron chi connectivity index (χ4n) is 1.68.